The quantitative estimate of drug-likeness (QED) is 0.620. The maximum atomic E-state index is 3.51. The van der Waals surface area contributed by atoms with Crippen molar-refractivity contribution in [3.8, 4) is 0 Å². The van der Waals surface area contributed by atoms with E-state index in [1.54, 1.807) is 0 Å². The predicted octanol–water partition coefficient (Wildman–Crippen LogP) is 3.20. The molecule has 0 heterocycles. The molecule has 0 rings (SSSR count). The third-order valence-corrected chi connectivity index (χ3v) is 2.16. The van der Waals surface area contributed by atoms with E-state index in [1.807, 2.05) is 0 Å². The fourth-order valence-electron chi connectivity index (χ4n) is 1.33. The largest absolute Gasteiger partial charge is 0.314 e. The summed E-state index contributed by atoms with van der Waals surface area (Å²) >= 11 is 0. The van der Waals surface area contributed by atoms with Crippen LogP contribution in [0.15, 0.2) is 0 Å². The van der Waals surface area contributed by atoms with Gasteiger partial charge in [0.25, 0.3) is 0 Å². The first-order valence-electron chi connectivity index (χ1n) is 5.40. The molecule has 1 nitrogen and oxygen atoms in total. The molecule has 74 valence electrons. The van der Waals surface area contributed by atoms with Crippen molar-refractivity contribution in [2.45, 2.75) is 59.4 Å². The highest BCUT2D eigenvalue weighted by molar-refractivity contribution is 4.60. The van der Waals surface area contributed by atoms with Crippen LogP contribution in [0.1, 0.15) is 53.4 Å². The molecule has 0 aliphatic carbocycles. The summed E-state index contributed by atoms with van der Waals surface area (Å²) in [5.41, 5.74) is 0. The summed E-state index contributed by atoms with van der Waals surface area (Å²) in [6.45, 7) is 10.3. The van der Waals surface area contributed by atoms with Crippen molar-refractivity contribution in [1.29, 1.82) is 0 Å². The molecule has 0 aliphatic rings. The van der Waals surface area contributed by atoms with E-state index in [1.165, 1.54) is 32.2 Å². The second kappa shape index (κ2) is 7.60. The number of hydrogen-bond donors (Lipinski definition) is 1. The van der Waals surface area contributed by atoms with Crippen molar-refractivity contribution >= 4 is 0 Å². The highest BCUT2D eigenvalue weighted by atomic mass is 14.9. The lowest BCUT2D eigenvalue weighted by Crippen LogP contribution is -2.26. The van der Waals surface area contributed by atoms with Gasteiger partial charge in [-0.2, -0.15) is 0 Å². The Morgan fingerprint density at radius 2 is 1.75 bits per heavy atom. The molecule has 12 heavy (non-hydrogen) atoms. The van der Waals surface area contributed by atoms with Crippen LogP contribution in [0.3, 0.4) is 0 Å². The lowest BCUT2D eigenvalue weighted by Gasteiger charge is -2.13. The zero-order chi connectivity index (χ0) is 9.40. The van der Waals surface area contributed by atoms with E-state index < -0.39 is 0 Å². The van der Waals surface area contributed by atoms with Crippen molar-refractivity contribution in [3.05, 3.63) is 0 Å². The van der Waals surface area contributed by atoms with E-state index in [4.69, 9.17) is 0 Å². The van der Waals surface area contributed by atoms with E-state index in [9.17, 15) is 0 Å². The average Bonchev–Trinajstić information content (AvgIpc) is 2.00. The Balaban J connectivity index is 3.13. The molecule has 1 N–H and O–H groups in total. The third kappa shape index (κ3) is 8.06. The fourth-order valence-corrected chi connectivity index (χ4v) is 1.33. The van der Waals surface area contributed by atoms with Crippen molar-refractivity contribution in [2.24, 2.45) is 5.92 Å². The Labute approximate surface area is 77.9 Å². The lowest BCUT2D eigenvalue weighted by molar-refractivity contribution is 0.458. The van der Waals surface area contributed by atoms with Crippen LogP contribution in [0, 0.1) is 5.92 Å². The van der Waals surface area contributed by atoms with Gasteiger partial charge < -0.3 is 5.32 Å². The zero-order valence-corrected chi connectivity index (χ0v) is 9.19. The highest BCUT2D eigenvalue weighted by Crippen LogP contribution is 2.07. The van der Waals surface area contributed by atoms with E-state index in [0.717, 1.165) is 5.92 Å². The Hall–Kier alpha value is -0.0400. The molecule has 0 amide bonds. The fraction of sp³-hybridized carbons (Fsp3) is 1.00. The van der Waals surface area contributed by atoms with Crippen LogP contribution in [0.25, 0.3) is 0 Å². The van der Waals surface area contributed by atoms with E-state index in [0.29, 0.717) is 6.04 Å². The summed E-state index contributed by atoms with van der Waals surface area (Å²) in [6.07, 6.45) is 5.32. The standard InChI is InChI=1S/C11H25N/c1-5-9-12-11(4)8-6-7-10(2)3/h10-12H,5-9H2,1-4H3. The molecule has 0 saturated carbocycles. The monoisotopic (exact) mass is 171 g/mol. The van der Waals surface area contributed by atoms with E-state index >= 15 is 0 Å². The maximum absolute atomic E-state index is 3.51. The van der Waals surface area contributed by atoms with Gasteiger partial charge >= 0.3 is 0 Å². The first-order valence-corrected chi connectivity index (χ1v) is 5.40. The summed E-state index contributed by atoms with van der Waals surface area (Å²) < 4.78 is 0. The smallest absolute Gasteiger partial charge is 0.00387 e. The molecule has 0 aromatic carbocycles. The van der Waals surface area contributed by atoms with Crippen LogP contribution in [0.2, 0.25) is 0 Å². The average molecular weight is 171 g/mol. The summed E-state index contributed by atoms with van der Waals surface area (Å²) in [5, 5.41) is 3.51. The van der Waals surface area contributed by atoms with Gasteiger partial charge in [-0.3, -0.25) is 0 Å². The normalized spacial score (nSPS) is 13.8. The van der Waals surface area contributed by atoms with Gasteiger partial charge in [-0.05, 0) is 32.2 Å². The topological polar surface area (TPSA) is 12.0 Å². The molecule has 0 fully saturated rings. The predicted molar refractivity (Wildman–Crippen MR) is 56.4 cm³/mol. The molecule has 1 unspecified atom stereocenters. The minimum Gasteiger partial charge on any atom is -0.314 e. The SMILES string of the molecule is CCCNC(C)CCCC(C)C. The van der Waals surface area contributed by atoms with Gasteiger partial charge in [0, 0.05) is 6.04 Å². The van der Waals surface area contributed by atoms with Crippen LogP contribution in [0.4, 0.5) is 0 Å². The molecule has 0 saturated heterocycles. The van der Waals surface area contributed by atoms with Crippen molar-refractivity contribution in [3.63, 3.8) is 0 Å². The van der Waals surface area contributed by atoms with Gasteiger partial charge in [-0.25, -0.2) is 0 Å². The summed E-state index contributed by atoms with van der Waals surface area (Å²) in [6, 6.07) is 0.712. The molecule has 1 atom stereocenters. The molecular formula is C11H25N. The molecule has 0 aliphatic heterocycles. The van der Waals surface area contributed by atoms with Gasteiger partial charge in [0.15, 0.2) is 0 Å². The second-order valence-corrected chi connectivity index (χ2v) is 4.18. The molecule has 1 heteroatoms. The minimum absolute atomic E-state index is 0.712. The second-order valence-electron chi connectivity index (χ2n) is 4.18. The van der Waals surface area contributed by atoms with E-state index in [2.05, 4.69) is 33.0 Å². The molecular weight excluding hydrogens is 146 g/mol. The van der Waals surface area contributed by atoms with Crippen LogP contribution < -0.4 is 5.32 Å². The van der Waals surface area contributed by atoms with Crippen molar-refractivity contribution in [2.75, 3.05) is 6.54 Å². The van der Waals surface area contributed by atoms with Crippen molar-refractivity contribution in [1.82, 2.24) is 5.32 Å². The first-order chi connectivity index (χ1) is 5.66. The van der Waals surface area contributed by atoms with Gasteiger partial charge in [-0.15, -0.1) is 0 Å². The molecule has 0 spiro atoms. The Bertz CT molecular complexity index is 89.0. The van der Waals surface area contributed by atoms with E-state index in [-0.39, 0.29) is 0 Å². The number of rotatable bonds is 7. The highest BCUT2D eigenvalue weighted by Gasteiger charge is 2.00. The molecule has 0 bridgehead atoms. The number of nitrogens with one attached hydrogen (secondary N) is 1. The maximum Gasteiger partial charge on any atom is 0.00387 e. The van der Waals surface area contributed by atoms with Gasteiger partial charge in [0.2, 0.25) is 0 Å². The van der Waals surface area contributed by atoms with Crippen LogP contribution in [0.5, 0.6) is 0 Å². The van der Waals surface area contributed by atoms with Crippen LogP contribution >= 0.6 is 0 Å². The lowest BCUT2D eigenvalue weighted by atomic mass is 10.0. The van der Waals surface area contributed by atoms with Gasteiger partial charge in [-0.1, -0.05) is 33.6 Å². The van der Waals surface area contributed by atoms with Crippen LogP contribution in [-0.2, 0) is 0 Å². The number of hydrogen-bond acceptors (Lipinski definition) is 1. The van der Waals surface area contributed by atoms with Crippen molar-refractivity contribution < 1.29 is 0 Å². The first kappa shape index (κ1) is 12.0. The zero-order valence-electron chi connectivity index (χ0n) is 9.19. The van der Waals surface area contributed by atoms with Crippen LogP contribution in [-0.4, -0.2) is 12.6 Å². The summed E-state index contributed by atoms with van der Waals surface area (Å²) in [5.74, 6) is 0.864. The Kier molecular flexibility index (Phi) is 7.58. The van der Waals surface area contributed by atoms with Gasteiger partial charge in [0.1, 0.15) is 0 Å². The Morgan fingerprint density at radius 1 is 1.08 bits per heavy atom. The molecule has 0 aromatic rings. The molecule has 0 aromatic heterocycles. The summed E-state index contributed by atoms with van der Waals surface area (Å²) in [4.78, 5) is 0. The molecule has 0 radical (unpaired) electrons. The third-order valence-electron chi connectivity index (χ3n) is 2.16. The summed E-state index contributed by atoms with van der Waals surface area (Å²) in [7, 11) is 0. The Morgan fingerprint density at radius 3 is 2.25 bits per heavy atom. The van der Waals surface area contributed by atoms with Gasteiger partial charge in [0.05, 0.1) is 0 Å². The minimum atomic E-state index is 0.712.